The topological polar surface area (TPSA) is 44.1 Å². The number of carbonyl (C=O) groups excluding carboxylic acids is 1. The zero-order valence-corrected chi connectivity index (χ0v) is 6.61. The summed E-state index contributed by atoms with van der Waals surface area (Å²) in [6, 6.07) is 1.75. The van der Waals surface area contributed by atoms with Crippen LogP contribution in [0.3, 0.4) is 0 Å². The van der Waals surface area contributed by atoms with Crippen molar-refractivity contribution in [1.29, 1.82) is 5.26 Å². The molecule has 58 valence electrons. The third-order valence-electron chi connectivity index (χ3n) is 0.916. The van der Waals surface area contributed by atoms with E-state index in [1.54, 1.807) is 18.3 Å². The van der Waals surface area contributed by atoms with E-state index >= 15 is 0 Å². The van der Waals surface area contributed by atoms with Crippen LogP contribution >= 0.6 is 0 Å². The van der Waals surface area contributed by atoms with Gasteiger partial charge in [0.25, 0.3) is 0 Å². The first-order valence-electron chi connectivity index (χ1n) is 3.11. The number of allylic oxidation sites excluding steroid dienone is 3. The molecule has 0 aliphatic rings. The molecule has 3 nitrogen and oxygen atoms in total. The molecule has 0 fully saturated rings. The highest BCUT2D eigenvalue weighted by Gasteiger charge is 1.85. The molecule has 0 aromatic carbocycles. The number of aldehydes is 1. The first-order valence-corrected chi connectivity index (χ1v) is 3.11. The molecule has 0 saturated carbocycles. The third kappa shape index (κ3) is 4.91. The molecule has 0 aromatic rings. The average molecular weight is 150 g/mol. The van der Waals surface area contributed by atoms with Crippen LogP contribution in [-0.4, -0.2) is 25.3 Å². The van der Waals surface area contributed by atoms with E-state index < -0.39 is 0 Å². The number of carbonyl (C=O) groups is 1. The fraction of sp³-hybridized carbons (Fsp3) is 0.250. The van der Waals surface area contributed by atoms with Crippen LogP contribution in [0.15, 0.2) is 23.9 Å². The lowest BCUT2D eigenvalue weighted by atomic mass is 10.3. The fourth-order valence-corrected chi connectivity index (χ4v) is 0.422. The van der Waals surface area contributed by atoms with Crippen LogP contribution in [0.5, 0.6) is 0 Å². The highest BCUT2D eigenvalue weighted by Crippen LogP contribution is 1.87. The maximum Gasteiger partial charge on any atom is 0.160 e. The number of hydrogen-bond acceptors (Lipinski definition) is 3. The summed E-state index contributed by atoms with van der Waals surface area (Å²) in [7, 11) is 3.72. The highest BCUT2D eigenvalue weighted by molar-refractivity contribution is 5.79. The molecule has 0 heterocycles. The first-order chi connectivity index (χ1) is 5.20. The quantitative estimate of drug-likeness (QED) is 0.257. The van der Waals surface area contributed by atoms with Gasteiger partial charge in [-0.05, 0) is 18.4 Å². The highest BCUT2D eigenvalue weighted by atomic mass is 16.1. The zero-order chi connectivity index (χ0) is 8.69. The molecule has 0 N–H and O–H groups in total. The van der Waals surface area contributed by atoms with Crippen LogP contribution in [0.4, 0.5) is 0 Å². The van der Waals surface area contributed by atoms with E-state index in [1.807, 2.05) is 19.0 Å². The van der Waals surface area contributed by atoms with Gasteiger partial charge in [0.15, 0.2) is 6.29 Å². The predicted molar refractivity (Wildman–Crippen MR) is 42.6 cm³/mol. The molecule has 11 heavy (non-hydrogen) atoms. The van der Waals surface area contributed by atoms with Crippen molar-refractivity contribution in [3.8, 4) is 6.07 Å². The number of hydrogen-bond donors (Lipinski definition) is 0. The van der Waals surface area contributed by atoms with E-state index in [1.165, 1.54) is 6.08 Å². The van der Waals surface area contributed by atoms with Gasteiger partial charge in [-0.1, -0.05) is 0 Å². The van der Waals surface area contributed by atoms with Gasteiger partial charge < -0.3 is 4.90 Å². The molecule has 0 spiro atoms. The third-order valence-corrected chi connectivity index (χ3v) is 0.916. The van der Waals surface area contributed by atoms with Crippen molar-refractivity contribution in [2.45, 2.75) is 0 Å². The Morgan fingerprint density at radius 2 is 2.18 bits per heavy atom. The minimum Gasteiger partial charge on any atom is -0.383 e. The van der Waals surface area contributed by atoms with Crippen molar-refractivity contribution < 1.29 is 4.79 Å². The van der Waals surface area contributed by atoms with Gasteiger partial charge in [0.1, 0.15) is 6.07 Å². The summed E-state index contributed by atoms with van der Waals surface area (Å²) in [6.45, 7) is 0. The Morgan fingerprint density at radius 3 is 2.55 bits per heavy atom. The molecule has 0 rings (SSSR count). The maximum atomic E-state index is 10.1. The average Bonchev–Trinajstić information content (AvgIpc) is 1.98. The number of rotatable bonds is 3. The standard InChI is InChI=1S/C8H10N2O/c1-10(2)5-3-4-8(6-9)7-11/h3-5,7H,1-2H3. The smallest absolute Gasteiger partial charge is 0.160 e. The van der Waals surface area contributed by atoms with Crippen molar-refractivity contribution >= 4 is 6.29 Å². The lowest BCUT2D eigenvalue weighted by Gasteiger charge is -2.00. The monoisotopic (exact) mass is 150 g/mol. The van der Waals surface area contributed by atoms with Crippen molar-refractivity contribution in [3.05, 3.63) is 23.9 Å². The molecule has 3 heteroatoms. The molecule has 0 amide bonds. The molecule has 0 bridgehead atoms. The van der Waals surface area contributed by atoms with Gasteiger partial charge in [-0.15, -0.1) is 0 Å². The summed E-state index contributed by atoms with van der Waals surface area (Å²) in [5.74, 6) is 0. The van der Waals surface area contributed by atoms with Crippen LogP contribution < -0.4 is 0 Å². The van der Waals surface area contributed by atoms with E-state index in [0.717, 1.165) is 0 Å². The van der Waals surface area contributed by atoms with E-state index in [2.05, 4.69) is 0 Å². The van der Waals surface area contributed by atoms with Crippen molar-refractivity contribution in [2.24, 2.45) is 0 Å². The largest absolute Gasteiger partial charge is 0.383 e. The Balaban J connectivity index is 4.11. The second-order valence-corrected chi connectivity index (χ2v) is 2.16. The summed E-state index contributed by atoms with van der Waals surface area (Å²) < 4.78 is 0. The van der Waals surface area contributed by atoms with Gasteiger partial charge in [0.2, 0.25) is 0 Å². The predicted octanol–water partition coefficient (Wildman–Crippen LogP) is 0.711. The van der Waals surface area contributed by atoms with Crippen molar-refractivity contribution in [2.75, 3.05) is 14.1 Å². The molecule has 0 radical (unpaired) electrons. The molecule has 0 aliphatic heterocycles. The molecule has 0 saturated heterocycles. The molecule has 0 atom stereocenters. The maximum absolute atomic E-state index is 10.1. The summed E-state index contributed by atoms with van der Waals surface area (Å²) >= 11 is 0. The Hall–Kier alpha value is -1.56. The normalized spacial score (nSPS) is 11.2. The number of nitrogens with zero attached hydrogens (tertiary/aromatic N) is 2. The van der Waals surface area contributed by atoms with E-state index in [9.17, 15) is 4.79 Å². The Morgan fingerprint density at radius 1 is 1.55 bits per heavy atom. The minimum atomic E-state index is 0.128. The van der Waals surface area contributed by atoms with E-state index in [0.29, 0.717) is 6.29 Å². The van der Waals surface area contributed by atoms with E-state index in [-0.39, 0.29) is 5.57 Å². The van der Waals surface area contributed by atoms with Crippen molar-refractivity contribution in [3.63, 3.8) is 0 Å². The lowest BCUT2D eigenvalue weighted by molar-refractivity contribution is -0.104. The molecular weight excluding hydrogens is 140 g/mol. The van der Waals surface area contributed by atoms with E-state index in [4.69, 9.17) is 5.26 Å². The van der Waals surface area contributed by atoms with Crippen LogP contribution in [-0.2, 0) is 4.79 Å². The second-order valence-electron chi connectivity index (χ2n) is 2.16. The van der Waals surface area contributed by atoms with Gasteiger partial charge in [-0.2, -0.15) is 5.26 Å². The second kappa shape index (κ2) is 5.24. The Labute approximate surface area is 66.2 Å². The van der Waals surface area contributed by atoms with Gasteiger partial charge in [-0.3, -0.25) is 4.79 Å². The first kappa shape index (κ1) is 9.44. The molecular formula is C8H10N2O. The van der Waals surface area contributed by atoms with Gasteiger partial charge >= 0.3 is 0 Å². The van der Waals surface area contributed by atoms with Gasteiger partial charge in [-0.25, -0.2) is 0 Å². The van der Waals surface area contributed by atoms with Crippen LogP contribution in [0.2, 0.25) is 0 Å². The summed E-state index contributed by atoms with van der Waals surface area (Å²) in [5, 5.41) is 8.29. The van der Waals surface area contributed by atoms with Crippen LogP contribution in [0, 0.1) is 11.3 Å². The molecule has 0 aliphatic carbocycles. The number of nitriles is 1. The fourth-order valence-electron chi connectivity index (χ4n) is 0.422. The lowest BCUT2D eigenvalue weighted by Crippen LogP contribution is -1.99. The Bertz CT molecular complexity index is 221. The molecule has 0 aromatic heterocycles. The van der Waals surface area contributed by atoms with Crippen molar-refractivity contribution in [1.82, 2.24) is 4.90 Å². The SMILES string of the molecule is CN(C)C=CC=C(C#N)C=O. The summed E-state index contributed by atoms with van der Waals surface area (Å²) in [6.07, 6.45) is 5.39. The molecule has 0 unspecified atom stereocenters. The summed E-state index contributed by atoms with van der Waals surface area (Å²) in [5.41, 5.74) is 0.128. The summed E-state index contributed by atoms with van der Waals surface area (Å²) in [4.78, 5) is 11.9. The van der Waals surface area contributed by atoms with Crippen LogP contribution in [0.25, 0.3) is 0 Å². The zero-order valence-electron chi connectivity index (χ0n) is 6.61. The minimum absolute atomic E-state index is 0.128. The Kier molecular flexibility index (Phi) is 4.50. The van der Waals surface area contributed by atoms with Gasteiger partial charge in [0.05, 0.1) is 5.57 Å². The van der Waals surface area contributed by atoms with Gasteiger partial charge in [0, 0.05) is 14.1 Å². The van der Waals surface area contributed by atoms with Crippen LogP contribution in [0.1, 0.15) is 0 Å².